The van der Waals surface area contributed by atoms with E-state index in [1.807, 2.05) is 20.8 Å². The van der Waals surface area contributed by atoms with Gasteiger partial charge < -0.3 is 10.4 Å². The Hall–Kier alpha value is -3.20. The molecule has 0 saturated heterocycles. The van der Waals surface area contributed by atoms with Gasteiger partial charge in [0.25, 0.3) is 10.0 Å². The maximum Gasteiger partial charge on any atom is 0.404 e. The molecule has 31 heavy (non-hydrogen) atoms. The molecule has 1 atom stereocenters. The Labute approximate surface area is 180 Å². The normalized spacial score (nSPS) is 13.0. The van der Waals surface area contributed by atoms with Crippen molar-refractivity contribution < 1.29 is 22.7 Å². The number of pyridine rings is 1. The summed E-state index contributed by atoms with van der Waals surface area (Å²) in [6, 6.07) is 9.78. The van der Waals surface area contributed by atoms with E-state index in [4.69, 9.17) is 0 Å². The Morgan fingerprint density at radius 2 is 1.97 bits per heavy atom. The number of hydrogen-bond donors (Lipinski definition) is 2. The lowest BCUT2D eigenvalue weighted by Crippen LogP contribution is -2.44. The lowest BCUT2D eigenvalue weighted by atomic mass is 9.83. The van der Waals surface area contributed by atoms with Crippen LogP contribution < -0.4 is 5.32 Å². The number of hydrogen-bond acceptors (Lipinski definition) is 4. The van der Waals surface area contributed by atoms with Crippen LogP contribution in [0.2, 0.25) is 0 Å². The van der Waals surface area contributed by atoms with E-state index in [-0.39, 0.29) is 17.0 Å². The van der Waals surface area contributed by atoms with Gasteiger partial charge in [-0.1, -0.05) is 32.9 Å². The fourth-order valence-electron chi connectivity index (χ4n) is 3.24. The molecule has 164 valence electrons. The van der Waals surface area contributed by atoms with Crippen molar-refractivity contribution >= 4 is 16.1 Å². The van der Waals surface area contributed by atoms with E-state index in [0.29, 0.717) is 11.1 Å². The second kappa shape index (κ2) is 8.50. The summed E-state index contributed by atoms with van der Waals surface area (Å²) in [5.74, 6) is -0.495. The topological polar surface area (TPSA) is 101 Å². The van der Waals surface area contributed by atoms with E-state index >= 15 is 0 Å². The minimum Gasteiger partial charge on any atom is -0.465 e. The molecule has 1 amide bonds. The highest BCUT2D eigenvalue weighted by atomic mass is 32.2. The molecule has 2 aromatic heterocycles. The summed E-state index contributed by atoms with van der Waals surface area (Å²) in [5, 5.41) is 11.7. The maximum atomic E-state index is 13.9. The minimum atomic E-state index is -4.01. The van der Waals surface area contributed by atoms with Crippen LogP contribution in [0.1, 0.15) is 26.3 Å². The monoisotopic (exact) mass is 445 g/mol. The van der Waals surface area contributed by atoms with E-state index in [2.05, 4.69) is 10.3 Å². The van der Waals surface area contributed by atoms with Crippen LogP contribution in [0.25, 0.3) is 11.3 Å². The van der Waals surface area contributed by atoms with Gasteiger partial charge in [-0.3, -0.25) is 4.98 Å². The predicted molar refractivity (Wildman–Crippen MR) is 115 cm³/mol. The lowest BCUT2D eigenvalue weighted by molar-refractivity contribution is 0.174. The summed E-state index contributed by atoms with van der Waals surface area (Å²) in [7, 11) is -4.01. The second-order valence-electron chi connectivity index (χ2n) is 8.31. The van der Waals surface area contributed by atoms with Gasteiger partial charge in [0.2, 0.25) is 0 Å². The van der Waals surface area contributed by atoms with Crippen molar-refractivity contribution in [3.8, 4) is 11.3 Å². The van der Waals surface area contributed by atoms with Crippen molar-refractivity contribution in [3.05, 3.63) is 72.4 Å². The summed E-state index contributed by atoms with van der Waals surface area (Å²) in [4.78, 5) is 15.1. The molecule has 9 heteroatoms. The van der Waals surface area contributed by atoms with Crippen LogP contribution in [0, 0.1) is 11.2 Å². The van der Waals surface area contributed by atoms with Gasteiger partial charge in [-0.2, -0.15) is 0 Å². The number of carboxylic acid groups (broad SMARTS) is 1. The van der Waals surface area contributed by atoms with Crippen molar-refractivity contribution in [1.82, 2.24) is 14.3 Å². The number of amides is 1. The van der Waals surface area contributed by atoms with Gasteiger partial charge >= 0.3 is 6.09 Å². The molecule has 0 bridgehead atoms. The van der Waals surface area contributed by atoms with E-state index in [1.165, 1.54) is 48.9 Å². The molecule has 0 aliphatic carbocycles. The largest absolute Gasteiger partial charge is 0.465 e. The van der Waals surface area contributed by atoms with Crippen LogP contribution in [-0.2, 0) is 16.4 Å². The van der Waals surface area contributed by atoms with E-state index in [9.17, 15) is 22.7 Å². The van der Waals surface area contributed by atoms with Gasteiger partial charge in [-0.05, 0) is 47.7 Å². The number of carbonyl (C=O) groups is 1. The molecule has 0 saturated carbocycles. The molecular formula is C22H24FN3O4S. The van der Waals surface area contributed by atoms with E-state index in [0.717, 1.165) is 3.97 Å². The number of nitrogens with zero attached hydrogens (tertiary/aromatic N) is 2. The quantitative estimate of drug-likeness (QED) is 0.594. The fraction of sp³-hybridized carbons (Fsp3) is 0.273. The Morgan fingerprint density at radius 1 is 1.23 bits per heavy atom. The SMILES string of the molecule is CC(C)(C)C(Cc1cc(-c2cccc(F)c2)n(S(=O)(=O)c2cccnc2)c1)NC(=O)O. The molecule has 7 nitrogen and oxygen atoms in total. The first kappa shape index (κ1) is 22.5. The maximum absolute atomic E-state index is 13.9. The highest BCUT2D eigenvalue weighted by Crippen LogP contribution is 2.30. The molecule has 0 aliphatic heterocycles. The minimum absolute atomic E-state index is 0.00849. The zero-order valence-electron chi connectivity index (χ0n) is 17.4. The molecule has 1 aromatic carbocycles. The van der Waals surface area contributed by atoms with Crippen LogP contribution in [0.5, 0.6) is 0 Å². The van der Waals surface area contributed by atoms with E-state index < -0.39 is 33.4 Å². The first-order chi connectivity index (χ1) is 14.5. The Balaban J connectivity index is 2.14. The lowest BCUT2D eigenvalue weighted by Gasteiger charge is -2.30. The number of rotatable bonds is 6. The zero-order chi connectivity index (χ0) is 22.8. The standard InChI is InChI=1S/C22H24FN3O4S/c1-22(2,3)20(25-21(27)28)11-15-10-19(16-6-4-7-17(23)12-16)26(14-15)31(29,30)18-8-5-9-24-13-18/h4-10,12-14,20,25H,11H2,1-3H3,(H,27,28). The fourth-order valence-corrected chi connectivity index (χ4v) is 4.60. The summed E-state index contributed by atoms with van der Waals surface area (Å²) in [6.07, 6.45) is 3.26. The Bertz CT molecular complexity index is 1180. The van der Waals surface area contributed by atoms with Crippen LogP contribution in [0.3, 0.4) is 0 Å². The van der Waals surface area contributed by atoms with Crippen molar-refractivity contribution in [2.75, 3.05) is 0 Å². The number of halogens is 1. The Kier molecular flexibility index (Phi) is 6.17. The molecule has 3 rings (SSSR count). The highest BCUT2D eigenvalue weighted by molar-refractivity contribution is 7.90. The summed E-state index contributed by atoms with van der Waals surface area (Å²) in [6.45, 7) is 5.68. The van der Waals surface area contributed by atoms with Crippen LogP contribution in [0.4, 0.5) is 9.18 Å². The number of aromatic nitrogens is 2. The number of nitrogens with one attached hydrogen (secondary N) is 1. The highest BCUT2D eigenvalue weighted by Gasteiger charge is 2.29. The zero-order valence-corrected chi connectivity index (χ0v) is 18.2. The smallest absolute Gasteiger partial charge is 0.404 e. The van der Waals surface area contributed by atoms with Crippen molar-refractivity contribution in [3.63, 3.8) is 0 Å². The molecule has 2 N–H and O–H groups in total. The summed E-state index contributed by atoms with van der Waals surface area (Å²) < 4.78 is 41.6. The third kappa shape index (κ3) is 5.11. The molecule has 3 aromatic rings. The second-order valence-corrected chi connectivity index (χ2v) is 10.1. The summed E-state index contributed by atoms with van der Waals surface area (Å²) in [5.41, 5.74) is 0.848. The third-order valence-corrected chi connectivity index (χ3v) is 6.59. The molecular weight excluding hydrogens is 421 g/mol. The molecule has 0 aliphatic rings. The molecule has 0 radical (unpaired) electrons. The van der Waals surface area contributed by atoms with Gasteiger partial charge in [0, 0.05) is 30.2 Å². The van der Waals surface area contributed by atoms with Gasteiger partial charge in [0.15, 0.2) is 0 Å². The van der Waals surface area contributed by atoms with E-state index in [1.54, 1.807) is 12.1 Å². The van der Waals surface area contributed by atoms with Gasteiger partial charge in [0.05, 0.1) is 5.69 Å². The molecule has 1 unspecified atom stereocenters. The van der Waals surface area contributed by atoms with Gasteiger partial charge in [-0.15, -0.1) is 0 Å². The first-order valence-corrected chi connectivity index (χ1v) is 11.0. The van der Waals surface area contributed by atoms with Crippen molar-refractivity contribution in [2.45, 2.75) is 38.1 Å². The average molecular weight is 446 g/mol. The summed E-state index contributed by atoms with van der Waals surface area (Å²) >= 11 is 0. The molecule has 2 heterocycles. The average Bonchev–Trinajstić information content (AvgIpc) is 3.12. The third-order valence-electron chi connectivity index (χ3n) is 4.94. The molecule has 0 spiro atoms. The molecule has 0 fully saturated rings. The van der Waals surface area contributed by atoms with Crippen molar-refractivity contribution in [1.29, 1.82) is 0 Å². The predicted octanol–water partition coefficient (Wildman–Crippen LogP) is 4.15. The van der Waals surface area contributed by atoms with Gasteiger partial charge in [-0.25, -0.2) is 21.6 Å². The Morgan fingerprint density at radius 3 is 2.55 bits per heavy atom. The van der Waals surface area contributed by atoms with Crippen LogP contribution in [0.15, 0.2) is 66.0 Å². The van der Waals surface area contributed by atoms with Crippen LogP contribution in [-0.4, -0.2) is 34.6 Å². The first-order valence-electron chi connectivity index (χ1n) is 9.61. The van der Waals surface area contributed by atoms with Crippen molar-refractivity contribution in [2.24, 2.45) is 5.41 Å². The van der Waals surface area contributed by atoms with Gasteiger partial charge in [0.1, 0.15) is 10.7 Å². The van der Waals surface area contributed by atoms with Crippen LogP contribution >= 0.6 is 0 Å². The number of benzene rings is 1.